The smallest absolute Gasteiger partial charge is 0.264 e. The van der Waals surface area contributed by atoms with Crippen LogP contribution in [0.3, 0.4) is 0 Å². The third-order valence-corrected chi connectivity index (χ3v) is 7.63. The maximum absolute atomic E-state index is 13.3. The molecule has 8 nitrogen and oxygen atoms in total. The molecule has 1 aliphatic rings. The van der Waals surface area contributed by atoms with Gasteiger partial charge in [0.15, 0.2) is 11.5 Å². The summed E-state index contributed by atoms with van der Waals surface area (Å²) < 4.78 is 38.9. The van der Waals surface area contributed by atoms with Crippen LogP contribution in [0.15, 0.2) is 75.1 Å². The lowest BCUT2D eigenvalue weighted by molar-refractivity contribution is -0.119. The number of amides is 1. The largest absolute Gasteiger partial charge is 0.454 e. The molecule has 0 atom stereocenters. The maximum atomic E-state index is 13.3. The van der Waals surface area contributed by atoms with Crippen LogP contribution in [0.4, 0.5) is 5.69 Å². The zero-order chi connectivity index (χ0) is 24.3. The summed E-state index contributed by atoms with van der Waals surface area (Å²) >= 11 is 15.4. The first-order valence-electron chi connectivity index (χ1n) is 9.69. The molecule has 1 heterocycles. The molecule has 0 aliphatic carbocycles. The summed E-state index contributed by atoms with van der Waals surface area (Å²) in [4.78, 5) is 12.6. The van der Waals surface area contributed by atoms with Crippen LogP contribution in [-0.2, 0) is 14.8 Å². The third-order valence-electron chi connectivity index (χ3n) is 4.67. The van der Waals surface area contributed by atoms with E-state index >= 15 is 0 Å². The second-order valence-electron chi connectivity index (χ2n) is 6.97. The van der Waals surface area contributed by atoms with Gasteiger partial charge in [-0.3, -0.25) is 9.10 Å². The fourth-order valence-corrected chi connectivity index (χ4v) is 5.20. The van der Waals surface area contributed by atoms with Crippen molar-refractivity contribution in [2.24, 2.45) is 5.10 Å². The van der Waals surface area contributed by atoms with Crippen LogP contribution in [0, 0.1) is 0 Å². The van der Waals surface area contributed by atoms with Gasteiger partial charge in [-0.25, -0.2) is 13.8 Å². The summed E-state index contributed by atoms with van der Waals surface area (Å²) in [5, 5.41) is 4.65. The van der Waals surface area contributed by atoms with Gasteiger partial charge in [-0.05, 0) is 70.5 Å². The van der Waals surface area contributed by atoms with E-state index < -0.39 is 22.5 Å². The Hall–Kier alpha value is -2.79. The number of nitrogens with zero attached hydrogens (tertiary/aromatic N) is 2. The van der Waals surface area contributed by atoms with E-state index in [1.165, 1.54) is 36.5 Å². The molecule has 3 aromatic rings. The average Bonchev–Trinajstić information content (AvgIpc) is 3.25. The molecule has 34 heavy (non-hydrogen) atoms. The first-order chi connectivity index (χ1) is 16.2. The Morgan fingerprint density at radius 1 is 1.06 bits per heavy atom. The predicted molar refractivity (Wildman–Crippen MR) is 133 cm³/mol. The lowest BCUT2D eigenvalue weighted by atomic mass is 10.2. The number of carbonyl (C=O) groups is 1. The molecule has 4 rings (SSSR count). The van der Waals surface area contributed by atoms with Crippen LogP contribution >= 0.6 is 39.1 Å². The van der Waals surface area contributed by atoms with Crippen LogP contribution in [0.5, 0.6) is 11.5 Å². The molecule has 12 heteroatoms. The lowest BCUT2D eigenvalue weighted by Crippen LogP contribution is -2.39. The number of nitrogens with one attached hydrogen (secondary N) is 1. The number of halogens is 3. The van der Waals surface area contributed by atoms with Gasteiger partial charge < -0.3 is 9.47 Å². The van der Waals surface area contributed by atoms with Crippen molar-refractivity contribution in [2.75, 3.05) is 17.6 Å². The van der Waals surface area contributed by atoms with Crippen LogP contribution in [-0.4, -0.2) is 33.9 Å². The number of hydrogen-bond acceptors (Lipinski definition) is 6. The molecule has 1 aliphatic heterocycles. The standard InChI is InChI=1S/C22H16BrCl2N3O5S/c23-19-10-21-20(32-13-33-21)8-14(19)11-26-27-22(29)12-28(17-3-1-2-16(25)9-17)34(30,31)18-6-4-15(24)5-7-18/h1-11H,12-13H2,(H,27,29)/b26-11-. The molecule has 1 N–H and O–H groups in total. The number of hydrogen-bond donors (Lipinski definition) is 1. The zero-order valence-corrected chi connectivity index (χ0v) is 21.2. The molecule has 0 saturated carbocycles. The Morgan fingerprint density at radius 3 is 2.47 bits per heavy atom. The minimum atomic E-state index is -4.11. The Labute approximate surface area is 214 Å². The van der Waals surface area contributed by atoms with E-state index in [4.69, 9.17) is 32.7 Å². The van der Waals surface area contributed by atoms with Crippen molar-refractivity contribution in [3.05, 3.63) is 80.7 Å². The number of hydrazone groups is 1. The highest BCUT2D eigenvalue weighted by atomic mass is 79.9. The molecule has 176 valence electrons. The summed E-state index contributed by atoms with van der Waals surface area (Å²) in [6.45, 7) is -0.411. The first-order valence-corrected chi connectivity index (χ1v) is 12.7. The fraction of sp³-hybridized carbons (Fsp3) is 0.0909. The van der Waals surface area contributed by atoms with E-state index in [1.807, 2.05) is 0 Å². The fourth-order valence-electron chi connectivity index (χ4n) is 3.05. The van der Waals surface area contributed by atoms with Gasteiger partial charge in [-0.2, -0.15) is 5.10 Å². The number of rotatable bonds is 7. The van der Waals surface area contributed by atoms with E-state index in [1.54, 1.807) is 30.3 Å². The molecule has 0 fully saturated rings. The van der Waals surface area contributed by atoms with Crippen molar-refractivity contribution in [3.63, 3.8) is 0 Å². The van der Waals surface area contributed by atoms with Crippen molar-refractivity contribution in [1.82, 2.24) is 5.43 Å². The second-order valence-corrected chi connectivity index (χ2v) is 10.6. The first kappa shape index (κ1) is 24.3. The second kappa shape index (κ2) is 10.2. The van der Waals surface area contributed by atoms with E-state index in [0.29, 0.717) is 31.6 Å². The highest BCUT2D eigenvalue weighted by molar-refractivity contribution is 9.10. The van der Waals surface area contributed by atoms with Gasteiger partial charge in [0, 0.05) is 20.1 Å². The van der Waals surface area contributed by atoms with E-state index in [0.717, 1.165) is 4.31 Å². The van der Waals surface area contributed by atoms with Crippen molar-refractivity contribution in [1.29, 1.82) is 0 Å². The van der Waals surface area contributed by atoms with E-state index in [2.05, 4.69) is 26.5 Å². The van der Waals surface area contributed by atoms with Gasteiger partial charge >= 0.3 is 0 Å². The van der Waals surface area contributed by atoms with Gasteiger partial charge in [0.05, 0.1) is 16.8 Å². The Balaban J connectivity index is 1.55. The number of carbonyl (C=O) groups excluding carboxylic acids is 1. The molecule has 3 aromatic carbocycles. The average molecular weight is 585 g/mol. The summed E-state index contributed by atoms with van der Waals surface area (Å²) in [5.41, 5.74) is 3.20. The molecular formula is C22H16BrCl2N3O5S. The highest BCUT2D eigenvalue weighted by Gasteiger charge is 2.27. The number of anilines is 1. The molecule has 0 spiro atoms. The molecule has 0 saturated heterocycles. The van der Waals surface area contributed by atoms with E-state index in [-0.39, 0.29) is 17.4 Å². The summed E-state index contributed by atoms with van der Waals surface area (Å²) in [6.07, 6.45) is 1.40. The predicted octanol–water partition coefficient (Wildman–Crippen LogP) is 4.83. The highest BCUT2D eigenvalue weighted by Crippen LogP contribution is 2.36. The normalized spacial score (nSPS) is 12.7. The Bertz CT molecular complexity index is 1370. The van der Waals surface area contributed by atoms with Crippen LogP contribution < -0.4 is 19.2 Å². The SMILES string of the molecule is O=C(CN(c1cccc(Cl)c1)S(=O)(=O)c1ccc(Cl)cc1)N/N=C\c1cc2c(cc1Br)OCO2. The van der Waals surface area contributed by atoms with Crippen LogP contribution in [0.25, 0.3) is 0 Å². The van der Waals surface area contributed by atoms with Crippen molar-refractivity contribution in [3.8, 4) is 11.5 Å². The summed E-state index contributed by atoms with van der Waals surface area (Å²) in [5.74, 6) is 0.487. The van der Waals surface area contributed by atoms with Gasteiger partial charge in [0.25, 0.3) is 15.9 Å². The van der Waals surface area contributed by atoms with Gasteiger partial charge in [-0.15, -0.1) is 0 Å². The van der Waals surface area contributed by atoms with Crippen molar-refractivity contribution >= 4 is 67.0 Å². The zero-order valence-electron chi connectivity index (χ0n) is 17.2. The number of benzene rings is 3. The molecule has 1 amide bonds. The molecule has 0 bridgehead atoms. The molecule has 0 aromatic heterocycles. The molecule has 0 radical (unpaired) electrons. The van der Waals surface area contributed by atoms with Gasteiger partial charge in [-0.1, -0.05) is 29.3 Å². The Kier molecular flexibility index (Phi) is 7.32. The van der Waals surface area contributed by atoms with Crippen molar-refractivity contribution in [2.45, 2.75) is 4.90 Å². The number of sulfonamides is 1. The van der Waals surface area contributed by atoms with Crippen LogP contribution in [0.1, 0.15) is 5.56 Å². The van der Waals surface area contributed by atoms with Gasteiger partial charge in [0.1, 0.15) is 6.54 Å². The maximum Gasteiger partial charge on any atom is 0.264 e. The summed E-state index contributed by atoms with van der Waals surface area (Å²) in [6, 6.07) is 15.3. The monoisotopic (exact) mass is 583 g/mol. The summed E-state index contributed by atoms with van der Waals surface area (Å²) in [7, 11) is -4.11. The quantitative estimate of drug-likeness (QED) is 0.317. The Morgan fingerprint density at radius 2 is 1.76 bits per heavy atom. The minimum absolute atomic E-state index is 0.0301. The van der Waals surface area contributed by atoms with Crippen molar-refractivity contribution < 1.29 is 22.7 Å². The number of ether oxygens (including phenoxy) is 2. The van der Waals surface area contributed by atoms with Gasteiger partial charge in [0.2, 0.25) is 6.79 Å². The molecular weight excluding hydrogens is 569 g/mol. The molecule has 0 unspecified atom stereocenters. The topological polar surface area (TPSA) is 97.3 Å². The number of fused-ring (bicyclic) bond motifs is 1. The lowest BCUT2D eigenvalue weighted by Gasteiger charge is -2.23. The third kappa shape index (κ3) is 5.47. The van der Waals surface area contributed by atoms with Crippen LogP contribution in [0.2, 0.25) is 10.0 Å². The van der Waals surface area contributed by atoms with E-state index in [9.17, 15) is 13.2 Å². The minimum Gasteiger partial charge on any atom is -0.454 e.